The maximum absolute atomic E-state index is 12.2. The largest absolute Gasteiger partial charge is 0.481 e. The Morgan fingerprint density at radius 2 is 1.90 bits per heavy atom. The predicted octanol–water partition coefficient (Wildman–Crippen LogP) is 1.86. The number of benzene rings is 1. The number of nitrogens with one attached hydrogen (secondary N) is 1. The van der Waals surface area contributed by atoms with Crippen molar-refractivity contribution >= 4 is 12.0 Å². The van der Waals surface area contributed by atoms with Crippen LogP contribution in [0.2, 0.25) is 0 Å². The van der Waals surface area contributed by atoms with Gasteiger partial charge < -0.3 is 15.3 Å². The molecule has 2 N–H and O–H groups in total. The normalized spacial score (nSPS) is 17.0. The number of fused-ring (bicyclic) bond motifs is 1. The van der Waals surface area contributed by atoms with Crippen molar-refractivity contribution < 1.29 is 14.7 Å². The van der Waals surface area contributed by atoms with E-state index in [1.165, 1.54) is 5.56 Å². The molecule has 0 radical (unpaired) electrons. The first-order valence-corrected chi connectivity index (χ1v) is 6.84. The van der Waals surface area contributed by atoms with Gasteiger partial charge in [0, 0.05) is 19.1 Å². The molecule has 5 nitrogen and oxygen atoms in total. The lowest BCUT2D eigenvalue weighted by atomic mass is 10.00. The summed E-state index contributed by atoms with van der Waals surface area (Å²) in [5.41, 5.74) is 2.44. The molecule has 0 aromatic heterocycles. The van der Waals surface area contributed by atoms with Gasteiger partial charge in [0.1, 0.15) is 0 Å². The van der Waals surface area contributed by atoms with E-state index in [1.54, 1.807) is 18.7 Å². The first kappa shape index (κ1) is 14.4. The number of carboxylic acid groups (broad SMARTS) is 1. The molecule has 2 unspecified atom stereocenters. The topological polar surface area (TPSA) is 69.6 Å². The fourth-order valence-corrected chi connectivity index (χ4v) is 2.29. The zero-order valence-corrected chi connectivity index (χ0v) is 11.8. The van der Waals surface area contributed by atoms with Crippen LogP contribution in [-0.4, -0.2) is 34.6 Å². The number of urea groups is 1. The molecular formula is C15H20N2O3. The van der Waals surface area contributed by atoms with Gasteiger partial charge in [0.25, 0.3) is 0 Å². The molecule has 2 rings (SSSR count). The predicted molar refractivity (Wildman–Crippen MR) is 75.3 cm³/mol. The van der Waals surface area contributed by atoms with Crippen LogP contribution < -0.4 is 5.32 Å². The van der Waals surface area contributed by atoms with Crippen molar-refractivity contribution in [3.05, 3.63) is 35.4 Å². The van der Waals surface area contributed by atoms with Gasteiger partial charge in [0.2, 0.25) is 0 Å². The third kappa shape index (κ3) is 3.10. The van der Waals surface area contributed by atoms with Crippen molar-refractivity contribution in [2.75, 3.05) is 6.54 Å². The van der Waals surface area contributed by atoms with E-state index >= 15 is 0 Å². The van der Waals surface area contributed by atoms with E-state index in [-0.39, 0.29) is 6.03 Å². The quantitative estimate of drug-likeness (QED) is 0.885. The fraction of sp³-hybridized carbons (Fsp3) is 0.467. The molecule has 2 atom stereocenters. The molecule has 0 aliphatic carbocycles. The van der Waals surface area contributed by atoms with E-state index < -0.39 is 17.9 Å². The molecule has 0 saturated heterocycles. The number of rotatable bonds is 3. The SMILES string of the molecule is CC(NC(=O)N1CCc2ccccc2C1)C(C)C(=O)O. The van der Waals surface area contributed by atoms with Gasteiger partial charge >= 0.3 is 12.0 Å². The van der Waals surface area contributed by atoms with Crippen LogP contribution in [0.1, 0.15) is 25.0 Å². The van der Waals surface area contributed by atoms with Crippen LogP contribution in [-0.2, 0) is 17.8 Å². The van der Waals surface area contributed by atoms with Gasteiger partial charge in [-0.15, -0.1) is 0 Å². The zero-order chi connectivity index (χ0) is 14.7. The van der Waals surface area contributed by atoms with Crippen molar-refractivity contribution in [1.82, 2.24) is 10.2 Å². The molecule has 1 aliphatic heterocycles. The molecule has 0 saturated carbocycles. The van der Waals surface area contributed by atoms with Crippen LogP contribution in [0.3, 0.4) is 0 Å². The summed E-state index contributed by atoms with van der Waals surface area (Å²) in [6.07, 6.45) is 0.840. The lowest BCUT2D eigenvalue weighted by Crippen LogP contribution is -2.48. The van der Waals surface area contributed by atoms with Crippen molar-refractivity contribution in [2.24, 2.45) is 5.92 Å². The lowest BCUT2D eigenvalue weighted by Gasteiger charge is -2.30. The van der Waals surface area contributed by atoms with Crippen LogP contribution in [0.4, 0.5) is 4.79 Å². The van der Waals surface area contributed by atoms with Gasteiger partial charge in [0.05, 0.1) is 5.92 Å². The summed E-state index contributed by atoms with van der Waals surface area (Å²) in [5, 5.41) is 11.7. The zero-order valence-electron chi connectivity index (χ0n) is 11.8. The van der Waals surface area contributed by atoms with Crippen LogP contribution in [0.5, 0.6) is 0 Å². The van der Waals surface area contributed by atoms with E-state index in [0.29, 0.717) is 13.1 Å². The summed E-state index contributed by atoms with van der Waals surface area (Å²) >= 11 is 0. The molecule has 0 spiro atoms. The van der Waals surface area contributed by atoms with Gasteiger partial charge in [-0.2, -0.15) is 0 Å². The highest BCUT2D eigenvalue weighted by molar-refractivity contribution is 5.77. The number of aliphatic carboxylic acids is 1. The molecule has 1 aromatic carbocycles. The summed E-state index contributed by atoms with van der Waals surface area (Å²) in [6, 6.07) is 7.50. The minimum atomic E-state index is -0.901. The molecule has 0 fully saturated rings. The number of amides is 2. The highest BCUT2D eigenvalue weighted by atomic mass is 16.4. The third-order valence-corrected chi connectivity index (χ3v) is 3.91. The summed E-state index contributed by atoms with van der Waals surface area (Å²) in [7, 11) is 0. The van der Waals surface area contributed by atoms with Crippen LogP contribution in [0.25, 0.3) is 0 Å². The van der Waals surface area contributed by atoms with Crippen molar-refractivity contribution in [3.63, 3.8) is 0 Å². The molecule has 20 heavy (non-hydrogen) atoms. The average Bonchev–Trinajstić information content (AvgIpc) is 2.45. The highest BCUT2D eigenvalue weighted by Crippen LogP contribution is 2.18. The summed E-state index contributed by atoms with van der Waals surface area (Å²) < 4.78 is 0. The number of hydrogen-bond acceptors (Lipinski definition) is 2. The molecule has 0 bridgehead atoms. The van der Waals surface area contributed by atoms with Gasteiger partial charge in [-0.1, -0.05) is 24.3 Å². The number of carboxylic acids is 1. The van der Waals surface area contributed by atoms with Crippen molar-refractivity contribution in [1.29, 1.82) is 0 Å². The Hall–Kier alpha value is -2.04. The Labute approximate surface area is 118 Å². The Morgan fingerprint density at radius 1 is 1.25 bits per heavy atom. The van der Waals surface area contributed by atoms with Crippen LogP contribution >= 0.6 is 0 Å². The molecule has 1 aromatic rings. The second-order valence-corrected chi connectivity index (χ2v) is 5.31. The van der Waals surface area contributed by atoms with Gasteiger partial charge in [0.15, 0.2) is 0 Å². The van der Waals surface area contributed by atoms with Crippen molar-refractivity contribution in [3.8, 4) is 0 Å². The van der Waals surface area contributed by atoms with E-state index in [1.807, 2.05) is 18.2 Å². The van der Waals surface area contributed by atoms with Gasteiger partial charge in [-0.3, -0.25) is 4.79 Å². The standard InChI is InChI=1S/C15H20N2O3/c1-10(14(18)19)11(2)16-15(20)17-8-7-12-5-3-4-6-13(12)9-17/h3-6,10-11H,7-9H2,1-2H3,(H,16,20)(H,18,19). The number of nitrogens with zero attached hydrogens (tertiary/aromatic N) is 1. The Morgan fingerprint density at radius 3 is 2.55 bits per heavy atom. The Bertz CT molecular complexity index is 516. The first-order valence-electron chi connectivity index (χ1n) is 6.84. The molecule has 2 amide bonds. The van der Waals surface area contributed by atoms with E-state index in [4.69, 9.17) is 5.11 Å². The number of hydrogen-bond donors (Lipinski definition) is 2. The molecule has 5 heteroatoms. The number of carbonyl (C=O) groups excluding carboxylic acids is 1. The average molecular weight is 276 g/mol. The van der Waals surface area contributed by atoms with Crippen LogP contribution in [0, 0.1) is 5.92 Å². The highest BCUT2D eigenvalue weighted by Gasteiger charge is 2.25. The Balaban J connectivity index is 1.96. The van der Waals surface area contributed by atoms with Gasteiger partial charge in [-0.25, -0.2) is 4.79 Å². The summed E-state index contributed by atoms with van der Waals surface area (Å²) in [6.45, 7) is 4.56. The fourth-order valence-electron chi connectivity index (χ4n) is 2.29. The summed E-state index contributed by atoms with van der Waals surface area (Å²) in [4.78, 5) is 24.8. The molecule has 1 aliphatic rings. The number of carbonyl (C=O) groups is 2. The minimum absolute atomic E-state index is 0.194. The first-order chi connectivity index (χ1) is 9.49. The smallest absolute Gasteiger partial charge is 0.317 e. The van der Waals surface area contributed by atoms with Crippen molar-refractivity contribution in [2.45, 2.75) is 32.9 Å². The maximum Gasteiger partial charge on any atom is 0.317 e. The second-order valence-electron chi connectivity index (χ2n) is 5.31. The van der Waals surface area contributed by atoms with E-state index in [9.17, 15) is 9.59 Å². The molecule has 1 heterocycles. The maximum atomic E-state index is 12.2. The second kappa shape index (κ2) is 5.94. The van der Waals surface area contributed by atoms with Crippen LogP contribution in [0.15, 0.2) is 24.3 Å². The van der Waals surface area contributed by atoms with E-state index in [0.717, 1.165) is 12.0 Å². The molecule has 108 valence electrons. The molecular weight excluding hydrogens is 256 g/mol. The van der Waals surface area contributed by atoms with E-state index in [2.05, 4.69) is 11.4 Å². The third-order valence-electron chi connectivity index (χ3n) is 3.91. The minimum Gasteiger partial charge on any atom is -0.481 e. The summed E-state index contributed by atoms with van der Waals surface area (Å²) in [5.74, 6) is -1.50. The van der Waals surface area contributed by atoms with Gasteiger partial charge in [-0.05, 0) is 31.4 Å². The monoisotopic (exact) mass is 276 g/mol. The lowest BCUT2D eigenvalue weighted by molar-refractivity contribution is -0.141. The Kier molecular flexibility index (Phi) is 4.27.